The number of aryl methyl sites for hydroxylation is 1. The van der Waals surface area contributed by atoms with Crippen LogP contribution in [0, 0.1) is 6.92 Å². The fourth-order valence-electron chi connectivity index (χ4n) is 1.58. The van der Waals surface area contributed by atoms with Crippen molar-refractivity contribution >= 4 is 21.6 Å². The van der Waals surface area contributed by atoms with Gasteiger partial charge in [-0.05, 0) is 30.7 Å². The first-order chi connectivity index (χ1) is 8.88. The second kappa shape index (κ2) is 4.87. The van der Waals surface area contributed by atoms with Crippen LogP contribution in [0.25, 0.3) is 0 Å². The summed E-state index contributed by atoms with van der Waals surface area (Å²) in [6.07, 6.45) is 2.67. The molecule has 1 aromatic carbocycles. The Morgan fingerprint density at radius 2 is 2.05 bits per heavy atom. The topological polar surface area (TPSA) is 102 Å². The highest BCUT2D eigenvalue weighted by Crippen LogP contribution is 2.19. The lowest BCUT2D eigenvalue weighted by Crippen LogP contribution is -2.15. The number of primary sulfonamides is 1. The first-order valence-electron chi connectivity index (χ1n) is 5.35. The van der Waals surface area contributed by atoms with Crippen LogP contribution in [0.15, 0.2) is 46.1 Å². The zero-order chi connectivity index (χ0) is 14.0. The van der Waals surface area contributed by atoms with Crippen molar-refractivity contribution in [1.82, 2.24) is 0 Å². The maximum atomic E-state index is 11.8. The summed E-state index contributed by atoms with van der Waals surface area (Å²) in [4.78, 5) is 11.8. The van der Waals surface area contributed by atoms with Crippen LogP contribution in [0.2, 0.25) is 0 Å². The van der Waals surface area contributed by atoms with Crippen molar-refractivity contribution in [2.75, 3.05) is 5.32 Å². The number of sulfonamides is 1. The monoisotopic (exact) mass is 280 g/mol. The summed E-state index contributed by atoms with van der Waals surface area (Å²) in [6, 6.07) is 6.00. The van der Waals surface area contributed by atoms with Gasteiger partial charge < -0.3 is 9.73 Å². The predicted molar refractivity (Wildman–Crippen MR) is 69.2 cm³/mol. The van der Waals surface area contributed by atoms with E-state index in [1.54, 1.807) is 19.1 Å². The molecule has 0 aliphatic carbocycles. The fourth-order valence-corrected chi connectivity index (χ4v) is 2.39. The highest BCUT2D eigenvalue weighted by Gasteiger charge is 2.14. The van der Waals surface area contributed by atoms with Crippen molar-refractivity contribution in [3.05, 3.63) is 47.9 Å². The van der Waals surface area contributed by atoms with Crippen LogP contribution in [-0.2, 0) is 10.0 Å². The van der Waals surface area contributed by atoms with Gasteiger partial charge in [-0.2, -0.15) is 0 Å². The van der Waals surface area contributed by atoms with E-state index < -0.39 is 15.9 Å². The van der Waals surface area contributed by atoms with Crippen LogP contribution in [-0.4, -0.2) is 14.3 Å². The summed E-state index contributed by atoms with van der Waals surface area (Å²) in [5, 5.41) is 7.66. The molecular formula is C12H12N2O4S. The third-order valence-electron chi connectivity index (χ3n) is 2.54. The van der Waals surface area contributed by atoms with Gasteiger partial charge in [0.2, 0.25) is 10.0 Å². The van der Waals surface area contributed by atoms with E-state index in [4.69, 9.17) is 9.56 Å². The third kappa shape index (κ3) is 3.01. The summed E-state index contributed by atoms with van der Waals surface area (Å²) in [5.74, 6) is -0.391. The minimum absolute atomic E-state index is 0.0162. The SMILES string of the molecule is Cc1ccc(NC(=O)c2ccoc2)cc1S(N)(=O)=O. The molecule has 0 saturated heterocycles. The summed E-state index contributed by atoms with van der Waals surface area (Å²) in [6.45, 7) is 1.63. The lowest BCUT2D eigenvalue weighted by atomic mass is 10.2. The summed E-state index contributed by atoms with van der Waals surface area (Å²) >= 11 is 0. The molecule has 1 amide bonds. The molecule has 0 bridgehead atoms. The van der Waals surface area contributed by atoms with Crippen LogP contribution >= 0.6 is 0 Å². The van der Waals surface area contributed by atoms with Crippen molar-refractivity contribution in [2.45, 2.75) is 11.8 Å². The second-order valence-electron chi connectivity index (χ2n) is 3.99. The highest BCUT2D eigenvalue weighted by atomic mass is 32.2. The quantitative estimate of drug-likeness (QED) is 0.889. The molecule has 1 heterocycles. The normalized spacial score (nSPS) is 11.3. The molecule has 2 aromatic rings. The van der Waals surface area contributed by atoms with Crippen LogP contribution in [0.3, 0.4) is 0 Å². The summed E-state index contributed by atoms with van der Waals surface area (Å²) in [5.41, 5.74) is 1.21. The van der Waals surface area contributed by atoms with Crippen molar-refractivity contribution in [3.8, 4) is 0 Å². The molecule has 3 N–H and O–H groups in total. The highest BCUT2D eigenvalue weighted by molar-refractivity contribution is 7.89. The zero-order valence-electron chi connectivity index (χ0n) is 10.1. The molecule has 0 spiro atoms. The fraction of sp³-hybridized carbons (Fsp3) is 0.0833. The van der Waals surface area contributed by atoms with Crippen LogP contribution in [0.1, 0.15) is 15.9 Å². The number of nitrogens with one attached hydrogen (secondary N) is 1. The Balaban J connectivity index is 2.30. The van der Waals surface area contributed by atoms with E-state index in [1.165, 1.54) is 24.7 Å². The Morgan fingerprint density at radius 3 is 2.63 bits per heavy atom. The number of rotatable bonds is 3. The molecule has 2 rings (SSSR count). The van der Waals surface area contributed by atoms with E-state index in [1.807, 2.05) is 0 Å². The molecule has 0 atom stereocenters. The number of hydrogen-bond donors (Lipinski definition) is 2. The number of furan rings is 1. The van der Waals surface area contributed by atoms with Gasteiger partial charge in [-0.3, -0.25) is 4.79 Å². The molecule has 19 heavy (non-hydrogen) atoms. The van der Waals surface area contributed by atoms with E-state index in [2.05, 4.69) is 5.32 Å². The van der Waals surface area contributed by atoms with Gasteiger partial charge in [0.05, 0.1) is 16.7 Å². The molecule has 0 aliphatic heterocycles. The summed E-state index contributed by atoms with van der Waals surface area (Å²) in [7, 11) is -3.82. The van der Waals surface area contributed by atoms with E-state index in [0.29, 0.717) is 16.8 Å². The number of anilines is 1. The van der Waals surface area contributed by atoms with Gasteiger partial charge in [0.15, 0.2) is 0 Å². The van der Waals surface area contributed by atoms with Gasteiger partial charge in [0, 0.05) is 5.69 Å². The molecule has 7 heteroatoms. The first kappa shape index (κ1) is 13.3. The Bertz CT molecular complexity index is 705. The lowest BCUT2D eigenvalue weighted by Gasteiger charge is -2.08. The Morgan fingerprint density at radius 1 is 1.32 bits per heavy atom. The van der Waals surface area contributed by atoms with Crippen molar-refractivity contribution in [3.63, 3.8) is 0 Å². The molecule has 0 unspecified atom stereocenters. The van der Waals surface area contributed by atoms with E-state index in [0.717, 1.165) is 0 Å². The minimum atomic E-state index is -3.82. The van der Waals surface area contributed by atoms with Crippen LogP contribution in [0.5, 0.6) is 0 Å². The standard InChI is InChI=1S/C12H12N2O4S/c1-8-2-3-10(6-11(8)19(13,16)17)14-12(15)9-4-5-18-7-9/h2-7H,1H3,(H,14,15)(H2,13,16,17). The van der Waals surface area contributed by atoms with Crippen LogP contribution in [0.4, 0.5) is 5.69 Å². The van der Waals surface area contributed by atoms with E-state index >= 15 is 0 Å². The molecule has 100 valence electrons. The van der Waals surface area contributed by atoms with Crippen LogP contribution < -0.4 is 10.5 Å². The summed E-state index contributed by atoms with van der Waals surface area (Å²) < 4.78 is 27.5. The van der Waals surface area contributed by atoms with E-state index in [-0.39, 0.29) is 4.90 Å². The second-order valence-corrected chi connectivity index (χ2v) is 5.52. The Kier molecular flexibility index (Phi) is 3.41. The number of nitrogens with two attached hydrogens (primary N) is 1. The van der Waals surface area contributed by atoms with Crippen molar-refractivity contribution in [1.29, 1.82) is 0 Å². The zero-order valence-corrected chi connectivity index (χ0v) is 10.9. The van der Waals surface area contributed by atoms with Gasteiger partial charge >= 0.3 is 0 Å². The lowest BCUT2D eigenvalue weighted by molar-refractivity contribution is 0.102. The van der Waals surface area contributed by atoms with Crippen molar-refractivity contribution < 1.29 is 17.6 Å². The number of carbonyl (C=O) groups is 1. The molecule has 6 nitrogen and oxygen atoms in total. The van der Waals surface area contributed by atoms with Gasteiger partial charge in [-0.25, -0.2) is 13.6 Å². The Labute approximate surface area is 110 Å². The maximum absolute atomic E-state index is 11.8. The molecule has 0 fully saturated rings. The third-order valence-corrected chi connectivity index (χ3v) is 3.59. The van der Waals surface area contributed by atoms with Gasteiger partial charge in [-0.1, -0.05) is 6.07 Å². The van der Waals surface area contributed by atoms with Gasteiger partial charge in [0.1, 0.15) is 6.26 Å². The Hall–Kier alpha value is -2.12. The molecule has 0 saturated carbocycles. The largest absolute Gasteiger partial charge is 0.472 e. The van der Waals surface area contributed by atoms with Gasteiger partial charge in [0.25, 0.3) is 5.91 Å². The molecular weight excluding hydrogens is 268 g/mol. The number of hydrogen-bond acceptors (Lipinski definition) is 4. The average Bonchev–Trinajstić information content (AvgIpc) is 2.83. The number of amides is 1. The predicted octanol–water partition coefficient (Wildman–Crippen LogP) is 1.49. The number of benzene rings is 1. The first-order valence-corrected chi connectivity index (χ1v) is 6.89. The maximum Gasteiger partial charge on any atom is 0.258 e. The smallest absolute Gasteiger partial charge is 0.258 e. The molecule has 1 aromatic heterocycles. The van der Waals surface area contributed by atoms with E-state index in [9.17, 15) is 13.2 Å². The van der Waals surface area contributed by atoms with Crippen molar-refractivity contribution in [2.24, 2.45) is 5.14 Å². The minimum Gasteiger partial charge on any atom is -0.472 e. The average molecular weight is 280 g/mol. The molecule has 0 radical (unpaired) electrons. The molecule has 0 aliphatic rings. The van der Waals surface area contributed by atoms with Gasteiger partial charge in [-0.15, -0.1) is 0 Å². The number of carbonyl (C=O) groups excluding carboxylic acids is 1.